The number of methoxy groups -OCH3 is 2. The Morgan fingerprint density at radius 2 is 1.68 bits per heavy atom. The molecule has 1 rings (SSSR count). The fraction of sp³-hybridized carbons (Fsp3) is 0.600. The van der Waals surface area contributed by atoms with E-state index in [1.165, 1.54) is 12.8 Å². The van der Waals surface area contributed by atoms with Gasteiger partial charge in [0, 0.05) is 6.54 Å². The monoisotopic (exact) mass is 267 g/mol. The molecule has 0 spiro atoms. The lowest BCUT2D eigenvalue weighted by Gasteiger charge is -2.21. The Morgan fingerprint density at radius 1 is 1.11 bits per heavy atom. The van der Waals surface area contributed by atoms with E-state index in [4.69, 9.17) is 9.47 Å². The maximum absolute atomic E-state index is 9.88. The van der Waals surface area contributed by atoms with Gasteiger partial charge in [0.15, 0.2) is 11.5 Å². The van der Waals surface area contributed by atoms with Gasteiger partial charge in [-0.25, -0.2) is 0 Å². The number of phenols is 1. The summed E-state index contributed by atoms with van der Waals surface area (Å²) in [5, 5.41) is 9.88. The summed E-state index contributed by atoms with van der Waals surface area (Å²) in [5.41, 5.74) is 1.09. The molecular formula is C15H25NO3. The minimum atomic E-state index is 0.0605. The third kappa shape index (κ3) is 4.31. The van der Waals surface area contributed by atoms with E-state index in [0.29, 0.717) is 11.5 Å². The molecule has 1 aromatic rings. The minimum absolute atomic E-state index is 0.0605. The maximum atomic E-state index is 9.88. The van der Waals surface area contributed by atoms with E-state index in [2.05, 4.69) is 18.7 Å². The van der Waals surface area contributed by atoms with Crippen LogP contribution in [0, 0.1) is 0 Å². The van der Waals surface area contributed by atoms with Gasteiger partial charge in [0.2, 0.25) is 5.75 Å². The molecule has 0 radical (unpaired) electrons. The molecule has 0 saturated carbocycles. The van der Waals surface area contributed by atoms with Crippen molar-refractivity contribution in [1.82, 2.24) is 4.90 Å². The lowest BCUT2D eigenvalue weighted by atomic mass is 10.1. The van der Waals surface area contributed by atoms with Crippen molar-refractivity contribution in [3.8, 4) is 17.2 Å². The van der Waals surface area contributed by atoms with Gasteiger partial charge in [-0.15, -0.1) is 0 Å². The summed E-state index contributed by atoms with van der Waals surface area (Å²) >= 11 is 0. The molecule has 0 aromatic heterocycles. The topological polar surface area (TPSA) is 41.9 Å². The molecule has 0 heterocycles. The van der Waals surface area contributed by atoms with Crippen molar-refractivity contribution in [3.63, 3.8) is 0 Å². The molecular weight excluding hydrogens is 242 g/mol. The van der Waals surface area contributed by atoms with Crippen LogP contribution in [0.15, 0.2) is 12.1 Å². The van der Waals surface area contributed by atoms with Crippen LogP contribution in [0.3, 0.4) is 0 Å². The van der Waals surface area contributed by atoms with Crippen LogP contribution in [0.5, 0.6) is 17.2 Å². The van der Waals surface area contributed by atoms with Gasteiger partial charge in [-0.05, 0) is 37.2 Å². The molecule has 0 aliphatic rings. The fourth-order valence-electron chi connectivity index (χ4n) is 2.03. The normalized spacial score (nSPS) is 10.8. The average molecular weight is 267 g/mol. The second kappa shape index (κ2) is 7.89. The Hall–Kier alpha value is -1.42. The molecule has 1 N–H and O–H groups in total. The Morgan fingerprint density at radius 3 is 2.11 bits per heavy atom. The van der Waals surface area contributed by atoms with Crippen LogP contribution in [0.4, 0.5) is 0 Å². The van der Waals surface area contributed by atoms with Crippen molar-refractivity contribution in [3.05, 3.63) is 17.7 Å². The van der Waals surface area contributed by atoms with Crippen molar-refractivity contribution in [2.45, 2.75) is 33.2 Å². The molecule has 0 saturated heterocycles. The standard InChI is InChI=1S/C15H25NO3/c1-5-7-8-16(6-2)11-12-9-13(18-3)15(17)14(10-12)19-4/h9-10,17H,5-8,11H2,1-4H3. The molecule has 0 fully saturated rings. The number of aromatic hydroxyl groups is 1. The van der Waals surface area contributed by atoms with Crippen LogP contribution in [0.25, 0.3) is 0 Å². The first-order chi connectivity index (χ1) is 9.15. The van der Waals surface area contributed by atoms with E-state index < -0.39 is 0 Å². The molecule has 108 valence electrons. The number of ether oxygens (including phenoxy) is 2. The molecule has 1 aromatic carbocycles. The second-order valence-corrected chi connectivity index (χ2v) is 4.57. The van der Waals surface area contributed by atoms with E-state index in [0.717, 1.165) is 25.2 Å². The highest BCUT2D eigenvalue weighted by Gasteiger charge is 2.12. The van der Waals surface area contributed by atoms with E-state index in [1.54, 1.807) is 14.2 Å². The first kappa shape index (κ1) is 15.6. The summed E-state index contributed by atoms with van der Waals surface area (Å²) in [6.45, 7) is 7.28. The molecule has 0 atom stereocenters. The molecule has 4 nitrogen and oxygen atoms in total. The second-order valence-electron chi connectivity index (χ2n) is 4.57. The van der Waals surface area contributed by atoms with Crippen molar-refractivity contribution in [2.24, 2.45) is 0 Å². The highest BCUT2D eigenvalue weighted by molar-refractivity contribution is 5.52. The van der Waals surface area contributed by atoms with E-state index in [1.807, 2.05) is 12.1 Å². The number of phenolic OH excluding ortho intramolecular Hbond substituents is 1. The highest BCUT2D eigenvalue weighted by atomic mass is 16.5. The first-order valence-corrected chi connectivity index (χ1v) is 6.82. The summed E-state index contributed by atoms with van der Waals surface area (Å²) in [7, 11) is 3.10. The Labute approximate surface area is 115 Å². The van der Waals surface area contributed by atoms with Gasteiger partial charge in [-0.1, -0.05) is 20.3 Å². The van der Waals surface area contributed by atoms with Crippen LogP contribution < -0.4 is 9.47 Å². The zero-order chi connectivity index (χ0) is 14.3. The molecule has 19 heavy (non-hydrogen) atoms. The zero-order valence-electron chi connectivity index (χ0n) is 12.4. The first-order valence-electron chi connectivity index (χ1n) is 6.82. The SMILES string of the molecule is CCCCN(CC)Cc1cc(OC)c(O)c(OC)c1. The van der Waals surface area contributed by atoms with Gasteiger partial charge < -0.3 is 14.6 Å². The maximum Gasteiger partial charge on any atom is 0.200 e. The average Bonchev–Trinajstić information content (AvgIpc) is 2.44. The third-order valence-corrected chi connectivity index (χ3v) is 3.22. The third-order valence-electron chi connectivity index (χ3n) is 3.22. The molecule has 0 amide bonds. The lowest BCUT2D eigenvalue weighted by molar-refractivity contribution is 0.273. The molecule has 0 aliphatic heterocycles. The predicted octanol–water partition coefficient (Wildman–Crippen LogP) is 3.03. The van der Waals surface area contributed by atoms with Crippen LogP contribution in [0.1, 0.15) is 32.3 Å². The van der Waals surface area contributed by atoms with Crippen molar-refractivity contribution >= 4 is 0 Å². The van der Waals surface area contributed by atoms with E-state index >= 15 is 0 Å². The summed E-state index contributed by atoms with van der Waals surface area (Å²) < 4.78 is 10.4. The van der Waals surface area contributed by atoms with Crippen molar-refractivity contribution < 1.29 is 14.6 Å². The predicted molar refractivity (Wildman–Crippen MR) is 77.1 cm³/mol. The smallest absolute Gasteiger partial charge is 0.200 e. The van der Waals surface area contributed by atoms with E-state index in [-0.39, 0.29) is 5.75 Å². The fourth-order valence-corrected chi connectivity index (χ4v) is 2.03. The van der Waals surface area contributed by atoms with Crippen LogP contribution in [-0.2, 0) is 6.54 Å². The largest absolute Gasteiger partial charge is 0.502 e. The van der Waals surface area contributed by atoms with Gasteiger partial charge in [-0.3, -0.25) is 4.90 Å². The Bertz CT molecular complexity index is 368. The van der Waals surface area contributed by atoms with Crippen molar-refractivity contribution in [2.75, 3.05) is 27.3 Å². The van der Waals surface area contributed by atoms with Crippen molar-refractivity contribution in [1.29, 1.82) is 0 Å². The Kier molecular flexibility index (Phi) is 6.50. The Balaban J connectivity index is 2.87. The number of benzene rings is 1. The molecule has 0 aliphatic carbocycles. The van der Waals surface area contributed by atoms with Gasteiger partial charge in [0.05, 0.1) is 14.2 Å². The van der Waals surface area contributed by atoms with E-state index in [9.17, 15) is 5.11 Å². The van der Waals surface area contributed by atoms with Gasteiger partial charge >= 0.3 is 0 Å². The quantitative estimate of drug-likeness (QED) is 0.786. The number of unbranched alkanes of at least 4 members (excludes halogenated alkanes) is 1. The van der Waals surface area contributed by atoms with Crippen LogP contribution >= 0.6 is 0 Å². The number of hydrogen-bond acceptors (Lipinski definition) is 4. The molecule has 0 unspecified atom stereocenters. The van der Waals surface area contributed by atoms with Gasteiger partial charge in [-0.2, -0.15) is 0 Å². The summed E-state index contributed by atoms with van der Waals surface area (Å²) in [5.74, 6) is 0.979. The molecule has 4 heteroatoms. The van der Waals surface area contributed by atoms with Gasteiger partial charge in [0.25, 0.3) is 0 Å². The molecule has 0 bridgehead atoms. The minimum Gasteiger partial charge on any atom is -0.502 e. The number of hydrogen-bond donors (Lipinski definition) is 1. The summed E-state index contributed by atoms with van der Waals surface area (Å²) in [6.07, 6.45) is 2.39. The van der Waals surface area contributed by atoms with Crippen LogP contribution in [-0.4, -0.2) is 37.3 Å². The number of rotatable bonds is 8. The van der Waals surface area contributed by atoms with Gasteiger partial charge in [0.1, 0.15) is 0 Å². The summed E-state index contributed by atoms with van der Waals surface area (Å²) in [6, 6.07) is 3.74. The van der Waals surface area contributed by atoms with Crippen LogP contribution in [0.2, 0.25) is 0 Å². The number of nitrogens with zero attached hydrogens (tertiary/aromatic N) is 1. The summed E-state index contributed by atoms with van der Waals surface area (Å²) in [4.78, 5) is 2.37. The lowest BCUT2D eigenvalue weighted by Crippen LogP contribution is -2.23. The zero-order valence-corrected chi connectivity index (χ0v) is 12.4. The highest BCUT2D eigenvalue weighted by Crippen LogP contribution is 2.37.